The van der Waals surface area contributed by atoms with Gasteiger partial charge in [-0.3, -0.25) is 9.59 Å². The monoisotopic (exact) mass is 564 g/mol. The third kappa shape index (κ3) is 6.20. The number of benzene rings is 4. The Labute approximate surface area is 244 Å². The van der Waals surface area contributed by atoms with Gasteiger partial charge in [0, 0.05) is 30.1 Å². The molecule has 0 radical (unpaired) electrons. The molecule has 1 heterocycles. The van der Waals surface area contributed by atoms with Gasteiger partial charge in [0.1, 0.15) is 22.9 Å². The lowest BCUT2D eigenvalue weighted by Gasteiger charge is -2.14. The molecule has 6 nitrogen and oxygen atoms in total. The van der Waals surface area contributed by atoms with Crippen LogP contribution in [0.5, 0.6) is 5.75 Å². The van der Waals surface area contributed by atoms with E-state index >= 15 is 0 Å². The molecule has 7 heteroatoms. The van der Waals surface area contributed by atoms with Crippen molar-refractivity contribution in [2.45, 2.75) is 26.7 Å². The molecule has 4 aromatic carbocycles. The van der Waals surface area contributed by atoms with Crippen LogP contribution in [0.25, 0.3) is 33.4 Å². The van der Waals surface area contributed by atoms with Crippen LogP contribution in [0.4, 0.5) is 4.39 Å². The number of aryl methyl sites for hydroxylation is 2. The number of halogens is 1. The first-order valence-electron chi connectivity index (χ1n) is 14.0. The van der Waals surface area contributed by atoms with E-state index in [0.29, 0.717) is 52.3 Å². The van der Waals surface area contributed by atoms with Crippen molar-refractivity contribution in [3.8, 4) is 28.2 Å². The van der Waals surface area contributed by atoms with Crippen molar-refractivity contribution < 1.29 is 23.5 Å². The van der Waals surface area contributed by atoms with Gasteiger partial charge < -0.3 is 20.2 Å². The summed E-state index contributed by atoms with van der Waals surface area (Å²) in [5.74, 6) is 0.0480. The number of hydrogen-bond donors (Lipinski definition) is 3. The molecule has 0 aliphatic rings. The van der Waals surface area contributed by atoms with Gasteiger partial charge in [-0.15, -0.1) is 0 Å². The summed E-state index contributed by atoms with van der Waals surface area (Å²) >= 11 is 0. The number of carbonyl (C=O) groups is 2. The molecule has 0 bridgehead atoms. The largest absolute Gasteiger partial charge is 0.508 e. The van der Waals surface area contributed by atoms with Gasteiger partial charge in [-0.05, 0) is 102 Å². The van der Waals surface area contributed by atoms with Crippen LogP contribution in [0.2, 0.25) is 0 Å². The van der Waals surface area contributed by atoms with E-state index in [-0.39, 0.29) is 23.4 Å². The van der Waals surface area contributed by atoms with Crippen LogP contribution < -0.4 is 10.6 Å². The molecule has 42 heavy (non-hydrogen) atoms. The van der Waals surface area contributed by atoms with Gasteiger partial charge in [-0.25, -0.2) is 4.39 Å². The first-order chi connectivity index (χ1) is 20.2. The summed E-state index contributed by atoms with van der Waals surface area (Å²) in [6.45, 7) is 4.66. The summed E-state index contributed by atoms with van der Waals surface area (Å²) in [6.07, 6.45) is 1.43. The van der Waals surface area contributed by atoms with Crippen molar-refractivity contribution in [1.82, 2.24) is 10.6 Å². The molecule has 5 aromatic rings. The molecule has 0 saturated carbocycles. The maximum Gasteiger partial charge on any atom is 0.255 e. The van der Waals surface area contributed by atoms with Gasteiger partial charge in [0.2, 0.25) is 0 Å². The fraction of sp³-hybridized carbons (Fsp3) is 0.200. The number of phenolic OH excluding ortho intramolecular Hbond substituents is 1. The van der Waals surface area contributed by atoms with Gasteiger partial charge >= 0.3 is 0 Å². The number of carbonyl (C=O) groups excluding carboxylic acids is 2. The molecular formula is C35H33FN2O4. The Balaban J connectivity index is 1.61. The second-order valence-corrected chi connectivity index (χ2v) is 10.7. The highest BCUT2D eigenvalue weighted by molar-refractivity contribution is 6.12. The van der Waals surface area contributed by atoms with Crippen LogP contribution in [0.3, 0.4) is 0 Å². The average Bonchev–Trinajstić information content (AvgIpc) is 3.38. The summed E-state index contributed by atoms with van der Waals surface area (Å²) in [5, 5.41) is 16.0. The molecule has 1 aromatic heterocycles. The molecule has 0 aliphatic carbocycles. The molecule has 3 N–H and O–H groups in total. The van der Waals surface area contributed by atoms with E-state index in [1.54, 1.807) is 31.3 Å². The lowest BCUT2D eigenvalue weighted by Crippen LogP contribution is -2.27. The summed E-state index contributed by atoms with van der Waals surface area (Å²) in [4.78, 5) is 26.1. The number of rotatable bonds is 9. The number of amides is 2. The zero-order valence-corrected chi connectivity index (χ0v) is 23.8. The van der Waals surface area contributed by atoms with Crippen LogP contribution >= 0.6 is 0 Å². The van der Waals surface area contributed by atoms with Crippen LogP contribution in [-0.4, -0.2) is 30.5 Å². The highest BCUT2D eigenvalue weighted by Gasteiger charge is 2.23. The Morgan fingerprint density at radius 2 is 1.57 bits per heavy atom. The summed E-state index contributed by atoms with van der Waals surface area (Å²) in [5.41, 5.74) is 5.83. The summed E-state index contributed by atoms with van der Waals surface area (Å²) in [7, 11) is 1.56. The molecular weight excluding hydrogens is 531 g/mol. The van der Waals surface area contributed by atoms with Crippen molar-refractivity contribution in [3.63, 3.8) is 0 Å². The van der Waals surface area contributed by atoms with E-state index in [4.69, 9.17) is 4.42 Å². The average molecular weight is 565 g/mol. The van der Waals surface area contributed by atoms with Crippen molar-refractivity contribution in [2.24, 2.45) is 5.92 Å². The standard InChI is InChI=1S/C35H33FN2O4/c1-21(2)20-38-34(40)26-9-8-23(7-4-22-5-15-28(39)16-6-22)29(19-26)25-12-17-31-30(18-25)32(35(41)37-3)33(42-31)24-10-13-27(36)14-11-24/h5-6,8-19,21,39H,4,7,20H2,1-3H3,(H,37,41)(H,38,40). The quantitative estimate of drug-likeness (QED) is 0.177. The van der Waals surface area contributed by atoms with Crippen molar-refractivity contribution in [3.05, 3.63) is 113 Å². The van der Waals surface area contributed by atoms with Crippen molar-refractivity contribution in [2.75, 3.05) is 13.6 Å². The van der Waals surface area contributed by atoms with Crippen molar-refractivity contribution in [1.29, 1.82) is 0 Å². The third-order valence-electron chi connectivity index (χ3n) is 7.22. The lowest BCUT2D eigenvalue weighted by molar-refractivity contribution is 0.0945. The van der Waals surface area contributed by atoms with E-state index in [2.05, 4.69) is 10.6 Å². The first-order valence-corrected chi connectivity index (χ1v) is 14.0. The number of furan rings is 1. The number of fused-ring (bicyclic) bond motifs is 1. The van der Waals surface area contributed by atoms with Crippen LogP contribution in [0.1, 0.15) is 45.7 Å². The number of phenols is 1. The molecule has 5 rings (SSSR count). The Bertz CT molecular complexity index is 1740. The molecule has 214 valence electrons. The number of hydrogen-bond acceptors (Lipinski definition) is 4. The fourth-order valence-electron chi connectivity index (χ4n) is 4.97. The van der Waals surface area contributed by atoms with E-state index in [1.165, 1.54) is 12.1 Å². The molecule has 0 unspecified atom stereocenters. The molecule has 0 aliphatic heterocycles. The lowest BCUT2D eigenvalue weighted by atomic mass is 9.92. The number of nitrogens with one attached hydrogen (secondary N) is 2. The Morgan fingerprint density at radius 3 is 2.26 bits per heavy atom. The zero-order chi connectivity index (χ0) is 29.8. The first kappa shape index (κ1) is 28.6. The summed E-state index contributed by atoms with van der Waals surface area (Å²) in [6, 6.07) is 24.3. The second-order valence-electron chi connectivity index (χ2n) is 10.7. The third-order valence-corrected chi connectivity index (χ3v) is 7.22. The summed E-state index contributed by atoms with van der Waals surface area (Å²) < 4.78 is 19.8. The normalized spacial score (nSPS) is 11.2. The van der Waals surface area contributed by atoms with Gasteiger partial charge in [0.15, 0.2) is 0 Å². The smallest absolute Gasteiger partial charge is 0.255 e. The Morgan fingerprint density at radius 1 is 0.857 bits per heavy atom. The topological polar surface area (TPSA) is 91.6 Å². The Kier molecular flexibility index (Phi) is 8.38. The molecule has 0 atom stereocenters. The van der Waals surface area contributed by atoms with E-state index in [1.807, 2.05) is 62.4 Å². The van der Waals surface area contributed by atoms with Crippen LogP contribution in [0.15, 0.2) is 89.3 Å². The zero-order valence-electron chi connectivity index (χ0n) is 23.8. The maximum atomic E-state index is 13.6. The van der Waals surface area contributed by atoms with Gasteiger partial charge in [-0.1, -0.05) is 38.1 Å². The fourth-order valence-corrected chi connectivity index (χ4v) is 4.97. The van der Waals surface area contributed by atoms with Crippen LogP contribution in [0, 0.1) is 11.7 Å². The highest BCUT2D eigenvalue weighted by atomic mass is 19.1. The molecule has 2 amide bonds. The van der Waals surface area contributed by atoms with Crippen molar-refractivity contribution >= 4 is 22.8 Å². The minimum absolute atomic E-state index is 0.149. The minimum atomic E-state index is -0.379. The van der Waals surface area contributed by atoms with E-state index < -0.39 is 0 Å². The predicted molar refractivity (Wildman–Crippen MR) is 163 cm³/mol. The van der Waals surface area contributed by atoms with E-state index in [0.717, 1.165) is 28.7 Å². The van der Waals surface area contributed by atoms with E-state index in [9.17, 15) is 19.1 Å². The maximum absolute atomic E-state index is 13.6. The molecule has 0 saturated heterocycles. The van der Waals surface area contributed by atoms with Gasteiger partial charge in [-0.2, -0.15) is 0 Å². The minimum Gasteiger partial charge on any atom is -0.508 e. The Hall–Kier alpha value is -4.91. The van der Waals surface area contributed by atoms with Gasteiger partial charge in [0.25, 0.3) is 11.8 Å². The second kappa shape index (κ2) is 12.3. The highest BCUT2D eigenvalue weighted by Crippen LogP contribution is 2.37. The molecule has 0 fully saturated rings. The van der Waals surface area contributed by atoms with Gasteiger partial charge in [0.05, 0.1) is 5.56 Å². The molecule has 0 spiro atoms. The number of aromatic hydroxyl groups is 1. The SMILES string of the molecule is CNC(=O)c1c(-c2ccc(F)cc2)oc2ccc(-c3cc(C(=O)NCC(C)C)ccc3CCc3ccc(O)cc3)cc12. The van der Waals surface area contributed by atoms with Crippen LogP contribution in [-0.2, 0) is 12.8 Å². The predicted octanol–water partition coefficient (Wildman–Crippen LogP) is 7.14.